The largest absolute Gasteiger partial charge is 0.473 e. The van der Waals surface area contributed by atoms with E-state index in [9.17, 15) is 14.9 Å². The van der Waals surface area contributed by atoms with Crippen molar-refractivity contribution in [1.29, 1.82) is 0 Å². The van der Waals surface area contributed by atoms with Crippen molar-refractivity contribution in [2.75, 3.05) is 13.1 Å². The second-order valence-electron chi connectivity index (χ2n) is 5.05. The maximum Gasteiger partial charge on any atom is 0.433 e. The minimum atomic E-state index is -0.669. The third kappa shape index (κ3) is 3.44. The fraction of sp³-hybridized carbons (Fsp3) is 0.357. The number of rotatable bonds is 4. The first-order valence-electron chi connectivity index (χ1n) is 7.09. The van der Waals surface area contributed by atoms with Gasteiger partial charge in [0.25, 0.3) is 5.91 Å². The highest BCUT2D eigenvalue weighted by molar-refractivity contribution is 5.91. The molecule has 3 rings (SSSR count). The quantitative estimate of drug-likeness (QED) is 0.622. The van der Waals surface area contributed by atoms with Crippen LogP contribution in [0.3, 0.4) is 0 Å². The molecule has 1 aliphatic heterocycles. The summed E-state index contributed by atoms with van der Waals surface area (Å²) in [6.07, 6.45) is 5.91. The molecule has 1 fully saturated rings. The van der Waals surface area contributed by atoms with Crippen LogP contribution >= 0.6 is 0 Å². The van der Waals surface area contributed by atoms with Gasteiger partial charge in [-0.25, -0.2) is 4.98 Å². The lowest BCUT2D eigenvalue weighted by Gasteiger charge is -2.31. The van der Waals surface area contributed by atoms with Gasteiger partial charge in [-0.2, -0.15) is 0 Å². The molecule has 120 valence electrons. The second kappa shape index (κ2) is 6.42. The zero-order chi connectivity index (χ0) is 16.2. The first kappa shape index (κ1) is 14.9. The number of amides is 1. The molecule has 0 unspecified atom stereocenters. The van der Waals surface area contributed by atoms with E-state index in [0.717, 1.165) is 0 Å². The van der Waals surface area contributed by atoms with Gasteiger partial charge in [0.15, 0.2) is 5.76 Å². The fourth-order valence-corrected chi connectivity index (χ4v) is 2.39. The molecule has 9 nitrogen and oxygen atoms in total. The Morgan fingerprint density at radius 1 is 1.35 bits per heavy atom. The number of piperidine rings is 1. The maximum absolute atomic E-state index is 12.2. The van der Waals surface area contributed by atoms with Crippen molar-refractivity contribution in [1.82, 2.24) is 14.9 Å². The van der Waals surface area contributed by atoms with Crippen LogP contribution in [0.15, 0.2) is 35.1 Å². The van der Waals surface area contributed by atoms with E-state index in [1.54, 1.807) is 23.5 Å². The van der Waals surface area contributed by atoms with Crippen LogP contribution in [-0.2, 0) is 0 Å². The number of likely N-dealkylation sites (tertiary alicyclic amines) is 1. The average Bonchev–Trinajstić information content (AvgIpc) is 3.06. The number of furan rings is 1. The Morgan fingerprint density at radius 3 is 2.74 bits per heavy atom. The predicted molar refractivity (Wildman–Crippen MR) is 76.9 cm³/mol. The lowest BCUT2D eigenvalue weighted by Crippen LogP contribution is -2.41. The predicted octanol–water partition coefficient (Wildman–Crippen LogP) is 1.66. The minimum absolute atomic E-state index is 0.0232. The van der Waals surface area contributed by atoms with Crippen LogP contribution in [0.25, 0.3) is 0 Å². The number of carbonyl (C=O) groups is 1. The van der Waals surface area contributed by atoms with Crippen LogP contribution in [0.5, 0.6) is 5.88 Å². The highest BCUT2D eigenvalue weighted by Crippen LogP contribution is 2.21. The molecule has 0 saturated carbocycles. The molecule has 9 heteroatoms. The van der Waals surface area contributed by atoms with Crippen LogP contribution < -0.4 is 4.74 Å². The lowest BCUT2D eigenvalue weighted by atomic mass is 10.1. The van der Waals surface area contributed by atoms with Crippen molar-refractivity contribution in [3.05, 3.63) is 46.6 Å². The molecular weight excluding hydrogens is 304 g/mol. The molecule has 0 radical (unpaired) electrons. The van der Waals surface area contributed by atoms with Crippen molar-refractivity contribution < 1.29 is 18.9 Å². The van der Waals surface area contributed by atoms with Crippen molar-refractivity contribution in [2.24, 2.45) is 0 Å². The summed E-state index contributed by atoms with van der Waals surface area (Å²) in [6, 6.07) is 2.50. The molecule has 0 aliphatic carbocycles. The van der Waals surface area contributed by atoms with Gasteiger partial charge in [0.1, 0.15) is 11.0 Å². The summed E-state index contributed by atoms with van der Waals surface area (Å²) < 4.78 is 10.6. The lowest BCUT2D eigenvalue weighted by molar-refractivity contribution is -0.402. The summed E-state index contributed by atoms with van der Waals surface area (Å²) in [5.41, 5.74) is 0. The van der Waals surface area contributed by atoms with Gasteiger partial charge in [0, 0.05) is 38.3 Å². The molecule has 1 saturated heterocycles. The first-order chi connectivity index (χ1) is 11.1. The van der Waals surface area contributed by atoms with Crippen LogP contribution in [0.2, 0.25) is 0 Å². The number of aromatic nitrogens is 2. The Bertz CT molecular complexity index is 694. The summed E-state index contributed by atoms with van der Waals surface area (Å²) in [5, 5.41) is 10.6. The second-order valence-corrected chi connectivity index (χ2v) is 5.05. The minimum Gasteiger partial charge on any atom is -0.473 e. The van der Waals surface area contributed by atoms with Gasteiger partial charge >= 0.3 is 5.88 Å². The van der Waals surface area contributed by atoms with E-state index < -0.39 is 10.8 Å². The molecule has 1 aliphatic rings. The molecule has 2 aromatic rings. The molecule has 0 N–H and O–H groups in total. The smallest absolute Gasteiger partial charge is 0.433 e. The van der Waals surface area contributed by atoms with Crippen molar-refractivity contribution in [3.63, 3.8) is 0 Å². The van der Waals surface area contributed by atoms with Gasteiger partial charge in [-0.3, -0.25) is 19.9 Å². The van der Waals surface area contributed by atoms with Crippen LogP contribution in [-0.4, -0.2) is 44.9 Å². The number of ether oxygens (including phenoxy) is 1. The van der Waals surface area contributed by atoms with Gasteiger partial charge in [0.2, 0.25) is 5.88 Å². The van der Waals surface area contributed by atoms with Gasteiger partial charge in [-0.1, -0.05) is 0 Å². The highest BCUT2D eigenvalue weighted by atomic mass is 16.6. The molecule has 2 aromatic heterocycles. The molecule has 0 aromatic carbocycles. The Morgan fingerprint density at radius 2 is 2.13 bits per heavy atom. The molecule has 0 spiro atoms. The monoisotopic (exact) mass is 318 g/mol. The van der Waals surface area contributed by atoms with E-state index in [4.69, 9.17) is 9.15 Å². The van der Waals surface area contributed by atoms with E-state index in [1.807, 2.05) is 0 Å². The summed E-state index contributed by atoms with van der Waals surface area (Å²) >= 11 is 0. The normalized spacial score (nSPS) is 15.4. The number of nitro groups is 1. The Balaban J connectivity index is 1.55. The van der Waals surface area contributed by atoms with E-state index in [2.05, 4.69) is 9.97 Å². The van der Waals surface area contributed by atoms with Crippen LogP contribution in [0.1, 0.15) is 23.4 Å². The van der Waals surface area contributed by atoms with E-state index in [1.165, 1.54) is 12.1 Å². The molecule has 0 atom stereocenters. The highest BCUT2D eigenvalue weighted by Gasteiger charge is 2.27. The Labute approximate surface area is 131 Å². The van der Waals surface area contributed by atoms with Crippen LogP contribution in [0.4, 0.5) is 5.88 Å². The number of nitrogens with zero attached hydrogens (tertiary/aromatic N) is 4. The molecule has 1 amide bonds. The summed E-state index contributed by atoms with van der Waals surface area (Å²) in [7, 11) is 0. The van der Waals surface area contributed by atoms with Crippen LogP contribution in [0, 0.1) is 10.1 Å². The van der Waals surface area contributed by atoms with E-state index in [0.29, 0.717) is 31.8 Å². The van der Waals surface area contributed by atoms with Crippen molar-refractivity contribution >= 4 is 11.8 Å². The van der Waals surface area contributed by atoms with Gasteiger partial charge in [-0.05, 0) is 6.07 Å². The Hall–Kier alpha value is -2.97. The SMILES string of the molecule is O=C(c1ccc([N+](=O)[O-])o1)N1CCC(Oc2cnccn2)CC1. The molecule has 3 heterocycles. The summed E-state index contributed by atoms with van der Waals surface area (Å²) in [4.78, 5) is 31.7. The third-order valence-electron chi connectivity index (χ3n) is 3.54. The maximum atomic E-state index is 12.2. The standard InChI is InChI=1S/C14H14N4O5/c19-14(11-1-2-13(23-11)18(20)21)17-7-3-10(4-8-17)22-12-9-15-5-6-16-12/h1-2,5-6,9-10H,3-4,7-8H2. The van der Waals surface area contributed by atoms with E-state index >= 15 is 0 Å². The average molecular weight is 318 g/mol. The fourth-order valence-electron chi connectivity index (χ4n) is 2.39. The summed E-state index contributed by atoms with van der Waals surface area (Å²) in [6.45, 7) is 0.969. The first-order valence-corrected chi connectivity index (χ1v) is 7.09. The van der Waals surface area contributed by atoms with E-state index in [-0.39, 0.29) is 17.8 Å². The zero-order valence-corrected chi connectivity index (χ0v) is 12.1. The van der Waals surface area contributed by atoms with Gasteiger partial charge in [0.05, 0.1) is 12.3 Å². The van der Waals surface area contributed by atoms with Crippen molar-refractivity contribution in [2.45, 2.75) is 18.9 Å². The number of hydrogen-bond donors (Lipinski definition) is 0. The van der Waals surface area contributed by atoms with Gasteiger partial charge in [-0.15, -0.1) is 0 Å². The Kier molecular flexibility index (Phi) is 4.18. The number of hydrogen-bond acceptors (Lipinski definition) is 7. The molecule has 0 bridgehead atoms. The number of carbonyl (C=O) groups excluding carboxylic acids is 1. The summed E-state index contributed by atoms with van der Waals surface area (Å²) in [5.74, 6) is -0.353. The topological polar surface area (TPSA) is 112 Å². The molecule has 23 heavy (non-hydrogen) atoms. The van der Waals surface area contributed by atoms with Gasteiger partial charge < -0.3 is 14.1 Å². The third-order valence-corrected chi connectivity index (χ3v) is 3.54. The van der Waals surface area contributed by atoms with Crippen molar-refractivity contribution in [3.8, 4) is 5.88 Å². The molecular formula is C14H14N4O5. The zero-order valence-electron chi connectivity index (χ0n) is 12.1.